The summed E-state index contributed by atoms with van der Waals surface area (Å²) in [5.74, 6) is -0.565. The van der Waals surface area contributed by atoms with E-state index in [-0.39, 0.29) is 24.0 Å². The second-order valence-corrected chi connectivity index (χ2v) is 8.87. The van der Waals surface area contributed by atoms with E-state index in [9.17, 15) is 9.59 Å². The van der Waals surface area contributed by atoms with Crippen LogP contribution in [0.25, 0.3) is 33.4 Å². The normalized spacial score (nSPS) is 10.8. The van der Waals surface area contributed by atoms with Gasteiger partial charge >= 0.3 is 5.97 Å². The number of methoxy groups -OCH3 is 1. The Labute approximate surface area is 223 Å². The van der Waals surface area contributed by atoms with E-state index in [2.05, 4.69) is 15.3 Å². The van der Waals surface area contributed by atoms with Gasteiger partial charge in [-0.3, -0.25) is 9.78 Å². The molecule has 0 radical (unpaired) electrons. The van der Waals surface area contributed by atoms with Gasteiger partial charge in [-0.25, -0.2) is 14.8 Å². The lowest BCUT2D eigenvalue weighted by Gasteiger charge is -2.14. The first-order valence-corrected chi connectivity index (χ1v) is 12.1. The average molecular weight is 524 g/mol. The molecule has 0 atom stereocenters. The number of rotatable bonds is 6. The fourth-order valence-corrected chi connectivity index (χ4v) is 4.34. The van der Waals surface area contributed by atoms with Gasteiger partial charge < -0.3 is 15.8 Å². The first-order valence-electron chi connectivity index (χ1n) is 11.7. The number of carbonyl (C=O) groups excluding carboxylic acids is 2. The lowest BCUT2D eigenvalue weighted by molar-refractivity contribution is -0.115. The van der Waals surface area contributed by atoms with Crippen LogP contribution in [0, 0.1) is 0 Å². The second-order valence-electron chi connectivity index (χ2n) is 8.47. The lowest BCUT2D eigenvalue weighted by atomic mass is 10.0. The van der Waals surface area contributed by atoms with Crippen molar-refractivity contribution >= 4 is 46.0 Å². The van der Waals surface area contributed by atoms with E-state index in [0.717, 1.165) is 10.9 Å². The van der Waals surface area contributed by atoms with E-state index in [1.54, 1.807) is 36.5 Å². The molecule has 8 nitrogen and oxygen atoms in total. The number of aromatic nitrogens is 3. The minimum Gasteiger partial charge on any atom is -0.465 e. The molecule has 1 amide bonds. The number of pyridine rings is 1. The Morgan fingerprint density at radius 1 is 0.921 bits per heavy atom. The van der Waals surface area contributed by atoms with Crippen molar-refractivity contribution < 1.29 is 14.3 Å². The van der Waals surface area contributed by atoms with Crippen LogP contribution in [0.15, 0.2) is 85.1 Å². The van der Waals surface area contributed by atoms with Crippen molar-refractivity contribution in [3.8, 4) is 22.5 Å². The van der Waals surface area contributed by atoms with Crippen molar-refractivity contribution in [3.05, 3.63) is 101 Å². The number of nitrogens with zero attached hydrogens (tertiary/aromatic N) is 3. The van der Waals surface area contributed by atoms with Gasteiger partial charge in [0.15, 0.2) is 11.6 Å². The quantitative estimate of drug-likeness (QED) is 0.279. The van der Waals surface area contributed by atoms with Crippen LogP contribution in [0.2, 0.25) is 5.02 Å². The topological polar surface area (TPSA) is 120 Å². The van der Waals surface area contributed by atoms with Gasteiger partial charge in [0.25, 0.3) is 0 Å². The molecule has 5 rings (SSSR count). The van der Waals surface area contributed by atoms with E-state index in [4.69, 9.17) is 27.1 Å². The van der Waals surface area contributed by atoms with Crippen LogP contribution >= 0.6 is 11.6 Å². The van der Waals surface area contributed by atoms with Gasteiger partial charge in [-0.2, -0.15) is 0 Å². The zero-order chi connectivity index (χ0) is 26.6. The number of ether oxygens (including phenoxy) is 1. The molecule has 0 aliphatic carbocycles. The number of hydrogen-bond donors (Lipinski definition) is 2. The lowest BCUT2D eigenvalue weighted by Crippen LogP contribution is -2.18. The fraction of sp³-hybridized carbons (Fsp3) is 0.0690. The average Bonchev–Trinajstić information content (AvgIpc) is 2.94. The van der Waals surface area contributed by atoms with Gasteiger partial charge in [-0.1, -0.05) is 60.1 Å². The second kappa shape index (κ2) is 10.7. The summed E-state index contributed by atoms with van der Waals surface area (Å²) in [7, 11) is 1.31. The summed E-state index contributed by atoms with van der Waals surface area (Å²) in [6.07, 6.45) is 1.73. The van der Waals surface area contributed by atoms with Crippen molar-refractivity contribution in [2.24, 2.45) is 0 Å². The van der Waals surface area contributed by atoms with Gasteiger partial charge in [0.2, 0.25) is 5.91 Å². The molecule has 5 aromatic rings. The molecule has 0 fully saturated rings. The Bertz CT molecular complexity index is 1660. The van der Waals surface area contributed by atoms with Gasteiger partial charge in [-0.05, 0) is 35.9 Å². The van der Waals surface area contributed by atoms with Crippen molar-refractivity contribution in [1.29, 1.82) is 0 Å². The van der Waals surface area contributed by atoms with Gasteiger partial charge in [0.1, 0.15) is 0 Å². The van der Waals surface area contributed by atoms with Crippen molar-refractivity contribution in [2.75, 3.05) is 18.2 Å². The van der Waals surface area contributed by atoms with Crippen LogP contribution in [0.5, 0.6) is 0 Å². The number of nitrogens with two attached hydrogens (primary N) is 1. The smallest absolute Gasteiger partial charge is 0.337 e. The number of hydrogen-bond acceptors (Lipinski definition) is 7. The number of carbonyl (C=O) groups is 2. The Hall–Kier alpha value is -4.82. The van der Waals surface area contributed by atoms with E-state index in [0.29, 0.717) is 38.6 Å². The first kappa shape index (κ1) is 24.9. The van der Waals surface area contributed by atoms with Gasteiger partial charge in [0.05, 0.1) is 41.0 Å². The highest BCUT2D eigenvalue weighted by Crippen LogP contribution is 2.35. The molecule has 0 unspecified atom stereocenters. The largest absolute Gasteiger partial charge is 0.465 e. The van der Waals surface area contributed by atoms with Gasteiger partial charge in [0, 0.05) is 22.7 Å². The molecule has 0 aliphatic heterocycles. The minimum absolute atomic E-state index is 0.0474. The monoisotopic (exact) mass is 523 g/mol. The van der Waals surface area contributed by atoms with Gasteiger partial charge in [-0.15, -0.1) is 0 Å². The Morgan fingerprint density at radius 3 is 2.39 bits per heavy atom. The summed E-state index contributed by atoms with van der Waals surface area (Å²) in [4.78, 5) is 38.3. The fourth-order valence-electron chi connectivity index (χ4n) is 4.06. The van der Waals surface area contributed by atoms with Crippen LogP contribution in [-0.4, -0.2) is 33.9 Å². The molecule has 0 spiro atoms. The standard InChI is InChI=1S/C29H22ClN5O3/c1-38-29(37)19-11-9-17(10-12-19)14-23(36)33-28-27(31)34-25(18-6-3-2-4-7-18)26(35-28)21-15-20-8-5-13-32-24(20)22(30)16-21/h2-13,15-16H,14H2,1H3,(H2,31,34)(H,33,35,36). The van der Waals surface area contributed by atoms with Crippen LogP contribution in [0.1, 0.15) is 15.9 Å². The molecule has 3 aromatic carbocycles. The molecule has 2 heterocycles. The molecular weight excluding hydrogens is 502 g/mol. The predicted octanol–water partition coefficient (Wildman–Crippen LogP) is 5.56. The molecule has 9 heteroatoms. The zero-order valence-electron chi connectivity index (χ0n) is 20.3. The molecule has 0 saturated heterocycles. The predicted molar refractivity (Wildman–Crippen MR) is 148 cm³/mol. The Balaban J connectivity index is 1.51. The molecule has 0 saturated carbocycles. The third kappa shape index (κ3) is 5.16. The van der Waals surface area contributed by atoms with E-state index < -0.39 is 5.97 Å². The minimum atomic E-state index is -0.445. The highest BCUT2D eigenvalue weighted by atomic mass is 35.5. The Morgan fingerprint density at radius 2 is 1.66 bits per heavy atom. The molecule has 0 bridgehead atoms. The van der Waals surface area contributed by atoms with Crippen LogP contribution in [-0.2, 0) is 16.0 Å². The number of halogens is 1. The summed E-state index contributed by atoms with van der Waals surface area (Å²) >= 11 is 6.56. The summed E-state index contributed by atoms with van der Waals surface area (Å²) in [5.41, 5.74) is 10.6. The molecular formula is C29H22ClN5O3. The number of benzene rings is 3. The van der Waals surface area contributed by atoms with Crippen molar-refractivity contribution in [3.63, 3.8) is 0 Å². The molecule has 188 valence electrons. The van der Waals surface area contributed by atoms with Crippen LogP contribution < -0.4 is 11.1 Å². The zero-order valence-corrected chi connectivity index (χ0v) is 21.1. The third-order valence-electron chi connectivity index (χ3n) is 5.90. The third-order valence-corrected chi connectivity index (χ3v) is 6.19. The summed E-state index contributed by atoms with van der Waals surface area (Å²) < 4.78 is 4.71. The summed E-state index contributed by atoms with van der Waals surface area (Å²) in [6, 6.07) is 23.6. The SMILES string of the molecule is COC(=O)c1ccc(CC(=O)Nc2nc(-c3cc(Cl)c4ncccc4c3)c(-c3ccccc3)nc2N)cc1. The molecule has 3 N–H and O–H groups in total. The molecule has 38 heavy (non-hydrogen) atoms. The maximum absolute atomic E-state index is 12.9. The molecule has 2 aromatic heterocycles. The molecule has 0 aliphatic rings. The number of fused-ring (bicyclic) bond motifs is 1. The van der Waals surface area contributed by atoms with E-state index in [1.165, 1.54) is 7.11 Å². The van der Waals surface area contributed by atoms with Crippen molar-refractivity contribution in [2.45, 2.75) is 6.42 Å². The van der Waals surface area contributed by atoms with Crippen LogP contribution in [0.4, 0.5) is 11.6 Å². The maximum Gasteiger partial charge on any atom is 0.337 e. The highest BCUT2D eigenvalue weighted by molar-refractivity contribution is 6.35. The number of nitrogen functional groups attached to an aromatic ring is 1. The van der Waals surface area contributed by atoms with Crippen LogP contribution in [0.3, 0.4) is 0 Å². The highest BCUT2D eigenvalue weighted by Gasteiger charge is 2.19. The first-order chi connectivity index (χ1) is 18.4. The number of esters is 1. The maximum atomic E-state index is 12.9. The summed E-state index contributed by atoms with van der Waals surface area (Å²) in [6.45, 7) is 0. The Kier molecular flexibility index (Phi) is 6.97. The van der Waals surface area contributed by atoms with Crippen molar-refractivity contribution in [1.82, 2.24) is 15.0 Å². The van der Waals surface area contributed by atoms with E-state index in [1.807, 2.05) is 48.5 Å². The number of anilines is 2. The number of nitrogens with one attached hydrogen (secondary N) is 1. The number of amides is 1. The summed E-state index contributed by atoms with van der Waals surface area (Å²) in [5, 5.41) is 4.08. The van der Waals surface area contributed by atoms with E-state index >= 15 is 0 Å².